The zero-order chi connectivity index (χ0) is 25.5. The first-order valence-corrected chi connectivity index (χ1v) is 12.9. The molecule has 194 valence electrons. The zero-order valence-electron chi connectivity index (χ0n) is 20.8. The van der Waals surface area contributed by atoms with Gasteiger partial charge in [0.15, 0.2) is 5.75 Å². The van der Waals surface area contributed by atoms with Gasteiger partial charge in [-0.25, -0.2) is 0 Å². The van der Waals surface area contributed by atoms with Crippen molar-refractivity contribution >= 4 is 28.9 Å². The first-order chi connectivity index (χ1) is 18.0. The summed E-state index contributed by atoms with van der Waals surface area (Å²) in [4.78, 5) is 23.4. The lowest BCUT2D eigenvalue weighted by Crippen LogP contribution is -2.49. The zero-order valence-corrected chi connectivity index (χ0v) is 21.6. The van der Waals surface area contributed by atoms with Crippen LogP contribution >= 0.6 is 11.6 Å². The molecule has 3 N–H and O–H groups in total. The van der Waals surface area contributed by atoms with Crippen LogP contribution in [0.5, 0.6) is 11.5 Å². The van der Waals surface area contributed by atoms with E-state index >= 15 is 0 Å². The van der Waals surface area contributed by atoms with Crippen molar-refractivity contribution in [1.29, 1.82) is 0 Å². The predicted octanol–water partition coefficient (Wildman–Crippen LogP) is 4.18. The van der Waals surface area contributed by atoms with Gasteiger partial charge >= 0.3 is 0 Å². The highest BCUT2D eigenvalue weighted by Crippen LogP contribution is 2.49. The summed E-state index contributed by atoms with van der Waals surface area (Å²) in [6.07, 6.45) is 5.40. The highest BCUT2D eigenvalue weighted by Gasteiger charge is 2.43. The molecule has 10 heteroatoms. The number of methoxy groups -OCH3 is 1. The molecule has 1 amide bonds. The minimum atomic E-state index is -0.0999. The fraction of sp³-hybridized carbons (Fsp3) is 0.407. The number of aromatic amines is 1. The van der Waals surface area contributed by atoms with Crippen LogP contribution < -0.4 is 20.1 Å². The minimum absolute atomic E-state index is 0.0292. The first kappa shape index (κ1) is 24.1. The summed E-state index contributed by atoms with van der Waals surface area (Å²) in [6.45, 7) is 2.80. The number of halogens is 1. The topological polar surface area (TPSA) is 101 Å². The number of nitrogens with one attached hydrogen (secondary N) is 3. The number of rotatable bonds is 7. The second-order valence-corrected chi connectivity index (χ2v) is 10.2. The van der Waals surface area contributed by atoms with Crippen molar-refractivity contribution in [3.63, 3.8) is 0 Å². The molecule has 2 aliphatic heterocycles. The van der Waals surface area contributed by atoms with E-state index in [2.05, 4.69) is 32.5 Å². The number of morpholine rings is 1. The highest BCUT2D eigenvalue weighted by atomic mass is 35.5. The standard InChI is InChI=1S/C27H30ClN5O4/c1-33-10-11-36-15(13-33)14-37-21-12-29-9-8-17(21)24-25(30-20-5-3-4-18(28)26(20)35-2)22-23(32-24)16-6-7-19(16)31-27(22)34/h3-5,8-9,12,15-16,19,30,32H,6-7,10-11,13-14H2,1-2H3,(H,31,34)/t15-,16-,19+/m1/s1. The Morgan fingerprint density at radius 1 is 1.30 bits per heavy atom. The number of amides is 1. The van der Waals surface area contributed by atoms with E-state index in [1.54, 1.807) is 25.6 Å². The van der Waals surface area contributed by atoms with Gasteiger partial charge in [-0.05, 0) is 38.1 Å². The maximum atomic E-state index is 13.3. The van der Waals surface area contributed by atoms with Crippen molar-refractivity contribution < 1.29 is 19.0 Å². The van der Waals surface area contributed by atoms with Gasteiger partial charge in [-0.3, -0.25) is 9.78 Å². The van der Waals surface area contributed by atoms with Gasteiger partial charge in [0.05, 0.1) is 47.6 Å². The number of likely N-dealkylation sites (N-methyl/N-ethyl adjacent to an activating group) is 1. The summed E-state index contributed by atoms with van der Waals surface area (Å²) in [6, 6.07) is 7.55. The van der Waals surface area contributed by atoms with Crippen LogP contribution in [0, 0.1) is 0 Å². The van der Waals surface area contributed by atoms with E-state index < -0.39 is 0 Å². The molecule has 1 saturated carbocycles. The number of carbonyl (C=O) groups is 1. The Bertz CT molecular complexity index is 1330. The molecule has 1 aromatic carbocycles. The molecule has 3 aromatic rings. The van der Waals surface area contributed by atoms with Gasteiger partial charge in [0.1, 0.15) is 18.5 Å². The molecule has 37 heavy (non-hydrogen) atoms. The smallest absolute Gasteiger partial charge is 0.255 e. The van der Waals surface area contributed by atoms with Gasteiger partial charge in [-0.1, -0.05) is 17.7 Å². The van der Waals surface area contributed by atoms with Crippen LogP contribution in [0.1, 0.15) is 34.8 Å². The van der Waals surface area contributed by atoms with E-state index in [0.29, 0.717) is 46.7 Å². The Morgan fingerprint density at radius 3 is 2.97 bits per heavy atom. The van der Waals surface area contributed by atoms with Crippen molar-refractivity contribution in [3.8, 4) is 22.8 Å². The van der Waals surface area contributed by atoms with E-state index in [-0.39, 0.29) is 24.0 Å². The monoisotopic (exact) mass is 523 g/mol. The average molecular weight is 524 g/mol. The van der Waals surface area contributed by atoms with Gasteiger partial charge in [0, 0.05) is 42.5 Å². The molecule has 4 heterocycles. The Morgan fingerprint density at radius 2 is 2.19 bits per heavy atom. The summed E-state index contributed by atoms with van der Waals surface area (Å²) < 4.78 is 17.7. The summed E-state index contributed by atoms with van der Waals surface area (Å²) in [5, 5.41) is 7.11. The normalized spacial score (nSPS) is 22.9. The fourth-order valence-corrected chi connectivity index (χ4v) is 5.67. The number of H-pyrrole nitrogens is 1. The summed E-state index contributed by atoms with van der Waals surface area (Å²) in [7, 11) is 3.65. The Hall–Kier alpha value is -3.27. The van der Waals surface area contributed by atoms with Crippen LogP contribution in [0.25, 0.3) is 11.3 Å². The van der Waals surface area contributed by atoms with Crippen LogP contribution in [0.3, 0.4) is 0 Å². The van der Waals surface area contributed by atoms with Crippen molar-refractivity contribution in [1.82, 2.24) is 20.2 Å². The van der Waals surface area contributed by atoms with E-state index in [9.17, 15) is 4.79 Å². The summed E-state index contributed by atoms with van der Waals surface area (Å²) in [5.41, 5.74) is 4.44. The lowest BCUT2D eigenvalue weighted by Gasteiger charge is -2.40. The number of nitrogens with zero attached hydrogens (tertiary/aromatic N) is 2. The maximum absolute atomic E-state index is 13.3. The Kier molecular flexibility index (Phi) is 6.44. The fourth-order valence-electron chi connectivity index (χ4n) is 5.42. The molecule has 0 radical (unpaired) electrons. The maximum Gasteiger partial charge on any atom is 0.255 e. The van der Waals surface area contributed by atoms with Gasteiger partial charge < -0.3 is 34.7 Å². The molecule has 9 nitrogen and oxygen atoms in total. The number of aromatic nitrogens is 2. The van der Waals surface area contributed by atoms with E-state index in [0.717, 1.165) is 42.9 Å². The number of hydrogen-bond acceptors (Lipinski definition) is 7. The number of ether oxygens (including phenoxy) is 3. The van der Waals surface area contributed by atoms with Crippen molar-refractivity contribution in [2.24, 2.45) is 0 Å². The van der Waals surface area contributed by atoms with E-state index in [1.807, 2.05) is 18.2 Å². The Labute approximate surface area is 220 Å². The molecule has 0 spiro atoms. The molecule has 3 aliphatic rings. The van der Waals surface area contributed by atoms with E-state index in [4.69, 9.17) is 25.8 Å². The number of anilines is 2. The number of pyridine rings is 1. The largest absolute Gasteiger partial charge is 0.493 e. The molecule has 6 rings (SSSR count). The van der Waals surface area contributed by atoms with Crippen molar-refractivity contribution in [2.45, 2.75) is 30.9 Å². The van der Waals surface area contributed by atoms with Crippen LogP contribution in [0.2, 0.25) is 5.02 Å². The SMILES string of the molecule is COc1c(Cl)cccc1Nc1c(-c2ccncc2OC[C@H]2CN(C)CCO2)[nH]c2c1C(=O)N[C@H]1CC[C@@H]21. The number of fused-ring (bicyclic) bond motifs is 3. The number of benzene rings is 1. The van der Waals surface area contributed by atoms with Gasteiger partial charge in [0.25, 0.3) is 5.91 Å². The van der Waals surface area contributed by atoms with E-state index in [1.165, 1.54) is 0 Å². The molecule has 1 aliphatic carbocycles. The average Bonchev–Trinajstić information content (AvgIpc) is 3.23. The third kappa shape index (κ3) is 4.41. The number of carbonyl (C=O) groups excluding carboxylic acids is 1. The predicted molar refractivity (Wildman–Crippen MR) is 141 cm³/mol. The molecule has 1 saturated heterocycles. The number of para-hydroxylation sites is 1. The lowest BCUT2D eigenvalue weighted by molar-refractivity contribution is -0.0403. The highest BCUT2D eigenvalue weighted by molar-refractivity contribution is 6.32. The molecule has 0 bridgehead atoms. The van der Waals surface area contributed by atoms with Gasteiger partial charge in [-0.2, -0.15) is 0 Å². The number of hydrogen-bond donors (Lipinski definition) is 3. The van der Waals surface area contributed by atoms with Crippen LogP contribution in [-0.4, -0.2) is 73.4 Å². The van der Waals surface area contributed by atoms with Gasteiger partial charge in [-0.15, -0.1) is 0 Å². The molecule has 3 atom stereocenters. The molecular formula is C27H30ClN5O4. The van der Waals surface area contributed by atoms with Gasteiger partial charge in [0.2, 0.25) is 0 Å². The second-order valence-electron chi connectivity index (χ2n) is 9.81. The van der Waals surface area contributed by atoms with Crippen LogP contribution in [-0.2, 0) is 4.74 Å². The van der Waals surface area contributed by atoms with Crippen LogP contribution in [0.4, 0.5) is 11.4 Å². The first-order valence-electron chi connectivity index (χ1n) is 12.6. The molecule has 0 unspecified atom stereocenters. The quantitative estimate of drug-likeness (QED) is 0.427. The lowest BCUT2D eigenvalue weighted by atomic mass is 9.74. The molecule has 2 fully saturated rings. The molecular weight excluding hydrogens is 494 g/mol. The summed E-state index contributed by atoms with van der Waals surface area (Å²) >= 11 is 6.40. The Balaban J connectivity index is 1.41. The third-order valence-corrected chi connectivity index (χ3v) is 7.77. The third-order valence-electron chi connectivity index (χ3n) is 7.47. The van der Waals surface area contributed by atoms with Crippen molar-refractivity contribution in [2.75, 3.05) is 45.8 Å². The summed E-state index contributed by atoms with van der Waals surface area (Å²) in [5.74, 6) is 1.27. The van der Waals surface area contributed by atoms with Crippen molar-refractivity contribution in [3.05, 3.63) is 52.9 Å². The molecule has 2 aromatic heterocycles. The second kappa shape index (κ2) is 9.89. The van der Waals surface area contributed by atoms with Crippen LogP contribution in [0.15, 0.2) is 36.7 Å². The minimum Gasteiger partial charge on any atom is -0.493 e.